The summed E-state index contributed by atoms with van der Waals surface area (Å²) in [5.74, 6) is 0.888. The second-order valence-corrected chi connectivity index (χ2v) is 3.53. The first-order valence-electron chi connectivity index (χ1n) is 4.54. The van der Waals surface area contributed by atoms with E-state index in [0.29, 0.717) is 6.04 Å². The summed E-state index contributed by atoms with van der Waals surface area (Å²) in [5.41, 5.74) is 5.73. The van der Waals surface area contributed by atoms with E-state index in [2.05, 4.69) is 12.2 Å². The zero-order valence-corrected chi connectivity index (χ0v) is 8.06. The number of nitrogens with two attached hydrogens (primary N) is 1. The van der Waals surface area contributed by atoms with Crippen molar-refractivity contribution in [2.75, 3.05) is 14.1 Å². The average molecular weight is 158 g/mol. The van der Waals surface area contributed by atoms with Gasteiger partial charge in [0, 0.05) is 6.04 Å². The Balaban J connectivity index is 0.000000292. The van der Waals surface area contributed by atoms with E-state index in [-0.39, 0.29) is 0 Å². The summed E-state index contributed by atoms with van der Waals surface area (Å²) >= 11 is 0. The molecule has 1 aliphatic rings. The smallest absolute Gasteiger partial charge is 0.00413 e. The van der Waals surface area contributed by atoms with Crippen molar-refractivity contribution >= 4 is 0 Å². The van der Waals surface area contributed by atoms with Crippen molar-refractivity contribution in [3.63, 3.8) is 0 Å². The summed E-state index contributed by atoms with van der Waals surface area (Å²) in [5, 5.41) is 2.75. The quantitative estimate of drug-likeness (QED) is 0.558. The standard InChI is InChI=1S/C7H15N.C2H7N/c1-6-3-2-4-7(8)5-6;1-3-2/h6-7H,2-5,8H2,1H3;3H,1-2H3. The minimum atomic E-state index is 0.513. The van der Waals surface area contributed by atoms with Gasteiger partial charge in [-0.25, -0.2) is 0 Å². The van der Waals surface area contributed by atoms with Gasteiger partial charge in [-0.15, -0.1) is 0 Å². The van der Waals surface area contributed by atoms with Crippen LogP contribution in [-0.2, 0) is 0 Å². The normalized spacial score (nSPS) is 30.5. The molecule has 2 heteroatoms. The van der Waals surface area contributed by atoms with Crippen molar-refractivity contribution in [2.45, 2.75) is 38.6 Å². The van der Waals surface area contributed by atoms with Gasteiger partial charge in [0.15, 0.2) is 0 Å². The van der Waals surface area contributed by atoms with Crippen molar-refractivity contribution < 1.29 is 0 Å². The zero-order valence-electron chi connectivity index (χ0n) is 8.06. The third-order valence-electron chi connectivity index (χ3n) is 1.98. The van der Waals surface area contributed by atoms with Gasteiger partial charge in [-0.3, -0.25) is 0 Å². The van der Waals surface area contributed by atoms with E-state index in [4.69, 9.17) is 5.73 Å². The summed E-state index contributed by atoms with van der Waals surface area (Å²) in [6.07, 6.45) is 5.25. The molecule has 0 aromatic heterocycles. The maximum Gasteiger partial charge on any atom is 0.00413 e. The average Bonchev–Trinajstić information content (AvgIpc) is 1.88. The van der Waals surface area contributed by atoms with Crippen LogP contribution >= 0.6 is 0 Å². The number of hydrogen-bond acceptors (Lipinski definition) is 2. The van der Waals surface area contributed by atoms with Crippen LogP contribution in [0, 0.1) is 5.92 Å². The molecule has 2 unspecified atom stereocenters. The molecule has 1 fully saturated rings. The molecule has 0 aromatic carbocycles. The van der Waals surface area contributed by atoms with E-state index in [1.165, 1.54) is 25.7 Å². The topological polar surface area (TPSA) is 38.0 Å². The van der Waals surface area contributed by atoms with Gasteiger partial charge in [-0.05, 0) is 32.9 Å². The largest absolute Gasteiger partial charge is 0.328 e. The van der Waals surface area contributed by atoms with E-state index in [0.717, 1.165) is 5.92 Å². The first-order valence-corrected chi connectivity index (χ1v) is 4.54. The first kappa shape index (κ1) is 10.9. The Morgan fingerprint density at radius 3 is 2.09 bits per heavy atom. The Hall–Kier alpha value is -0.0800. The third kappa shape index (κ3) is 6.32. The highest BCUT2D eigenvalue weighted by atomic mass is 14.7. The van der Waals surface area contributed by atoms with E-state index in [1.807, 2.05) is 14.1 Å². The van der Waals surface area contributed by atoms with Gasteiger partial charge in [0.05, 0.1) is 0 Å². The van der Waals surface area contributed by atoms with Crippen molar-refractivity contribution in [3.05, 3.63) is 0 Å². The van der Waals surface area contributed by atoms with Gasteiger partial charge in [-0.1, -0.05) is 19.8 Å². The van der Waals surface area contributed by atoms with Gasteiger partial charge in [-0.2, -0.15) is 0 Å². The molecule has 11 heavy (non-hydrogen) atoms. The summed E-state index contributed by atoms with van der Waals surface area (Å²) in [6, 6.07) is 0.513. The fourth-order valence-corrected chi connectivity index (χ4v) is 1.48. The van der Waals surface area contributed by atoms with Gasteiger partial charge in [0.25, 0.3) is 0 Å². The lowest BCUT2D eigenvalue weighted by atomic mass is 9.88. The minimum Gasteiger partial charge on any atom is -0.328 e. The molecule has 3 N–H and O–H groups in total. The van der Waals surface area contributed by atoms with E-state index in [1.54, 1.807) is 0 Å². The van der Waals surface area contributed by atoms with Crippen LogP contribution in [0.3, 0.4) is 0 Å². The number of rotatable bonds is 0. The molecule has 0 aliphatic heterocycles. The van der Waals surface area contributed by atoms with Crippen molar-refractivity contribution in [3.8, 4) is 0 Å². The SMILES string of the molecule is CC1CCCC(N)C1.CNC. The Labute approximate surface area is 70.5 Å². The predicted octanol–water partition coefficient (Wildman–Crippen LogP) is 1.36. The molecule has 1 rings (SSSR count). The van der Waals surface area contributed by atoms with Crippen LogP contribution in [0.2, 0.25) is 0 Å². The number of nitrogens with one attached hydrogen (secondary N) is 1. The lowest BCUT2D eigenvalue weighted by Crippen LogP contribution is -2.26. The highest BCUT2D eigenvalue weighted by molar-refractivity contribution is 4.71. The van der Waals surface area contributed by atoms with E-state index >= 15 is 0 Å². The molecule has 0 spiro atoms. The molecule has 0 saturated heterocycles. The van der Waals surface area contributed by atoms with Crippen LogP contribution in [0.4, 0.5) is 0 Å². The Morgan fingerprint density at radius 2 is 1.82 bits per heavy atom. The molecule has 68 valence electrons. The fraction of sp³-hybridized carbons (Fsp3) is 1.00. The van der Waals surface area contributed by atoms with Crippen LogP contribution < -0.4 is 11.1 Å². The monoisotopic (exact) mass is 158 g/mol. The zero-order chi connectivity index (χ0) is 8.69. The van der Waals surface area contributed by atoms with E-state index in [9.17, 15) is 0 Å². The Bertz CT molecular complexity index is 75.6. The number of hydrogen-bond donors (Lipinski definition) is 2. The predicted molar refractivity (Wildman–Crippen MR) is 50.6 cm³/mol. The summed E-state index contributed by atoms with van der Waals surface area (Å²) < 4.78 is 0. The minimum absolute atomic E-state index is 0.513. The molecular formula is C9H22N2. The molecule has 1 aliphatic carbocycles. The molecule has 0 bridgehead atoms. The molecule has 1 saturated carbocycles. The lowest BCUT2D eigenvalue weighted by molar-refractivity contribution is 0.344. The second kappa shape index (κ2) is 6.62. The van der Waals surface area contributed by atoms with Crippen molar-refractivity contribution in [1.82, 2.24) is 5.32 Å². The van der Waals surface area contributed by atoms with Gasteiger partial charge in [0.2, 0.25) is 0 Å². The first-order chi connectivity index (χ1) is 5.20. The third-order valence-corrected chi connectivity index (χ3v) is 1.98. The van der Waals surface area contributed by atoms with Crippen LogP contribution in [-0.4, -0.2) is 20.1 Å². The second-order valence-electron chi connectivity index (χ2n) is 3.53. The van der Waals surface area contributed by atoms with Gasteiger partial charge >= 0.3 is 0 Å². The molecule has 2 nitrogen and oxygen atoms in total. The molecule has 0 aromatic rings. The maximum atomic E-state index is 5.73. The lowest BCUT2D eigenvalue weighted by Gasteiger charge is -2.22. The van der Waals surface area contributed by atoms with Crippen LogP contribution in [0.15, 0.2) is 0 Å². The van der Waals surface area contributed by atoms with Crippen LogP contribution in [0.25, 0.3) is 0 Å². The van der Waals surface area contributed by atoms with Gasteiger partial charge < -0.3 is 11.1 Å². The Morgan fingerprint density at radius 1 is 1.27 bits per heavy atom. The van der Waals surface area contributed by atoms with Crippen LogP contribution in [0.5, 0.6) is 0 Å². The molecule has 0 heterocycles. The molecular weight excluding hydrogens is 136 g/mol. The Kier molecular flexibility index (Phi) is 6.57. The summed E-state index contributed by atoms with van der Waals surface area (Å²) in [6.45, 7) is 2.29. The maximum absolute atomic E-state index is 5.73. The van der Waals surface area contributed by atoms with Crippen molar-refractivity contribution in [2.24, 2.45) is 11.7 Å². The summed E-state index contributed by atoms with van der Waals surface area (Å²) in [4.78, 5) is 0. The summed E-state index contributed by atoms with van der Waals surface area (Å²) in [7, 11) is 3.75. The molecule has 0 radical (unpaired) electrons. The van der Waals surface area contributed by atoms with Gasteiger partial charge in [0.1, 0.15) is 0 Å². The molecule has 2 atom stereocenters. The highest BCUT2D eigenvalue weighted by Gasteiger charge is 2.13. The highest BCUT2D eigenvalue weighted by Crippen LogP contribution is 2.21. The van der Waals surface area contributed by atoms with E-state index < -0.39 is 0 Å². The van der Waals surface area contributed by atoms with Crippen molar-refractivity contribution in [1.29, 1.82) is 0 Å². The fourth-order valence-electron chi connectivity index (χ4n) is 1.48. The molecule has 0 amide bonds. The van der Waals surface area contributed by atoms with Crippen LogP contribution in [0.1, 0.15) is 32.6 Å².